The topological polar surface area (TPSA) is 30.0 Å². The number of hydrogen-bond acceptors (Lipinski definition) is 2. The maximum absolute atomic E-state index is 13.1. The van der Waals surface area contributed by atoms with Crippen LogP contribution < -0.4 is 0 Å². The zero-order valence-corrected chi connectivity index (χ0v) is 14.0. The molecule has 0 fully saturated rings. The number of nitrogens with zero attached hydrogens (tertiary/aromatic N) is 1. The van der Waals surface area contributed by atoms with E-state index in [1.165, 1.54) is 22.3 Å². The molecule has 0 amide bonds. The summed E-state index contributed by atoms with van der Waals surface area (Å²) in [4.78, 5) is 17.2. The van der Waals surface area contributed by atoms with Crippen molar-refractivity contribution >= 4 is 5.78 Å². The molecule has 0 aliphatic heterocycles. The number of rotatable bonds is 2. The summed E-state index contributed by atoms with van der Waals surface area (Å²) in [6, 6.07) is 14.3. The van der Waals surface area contributed by atoms with Gasteiger partial charge in [0.25, 0.3) is 0 Å². The van der Waals surface area contributed by atoms with E-state index in [-0.39, 0.29) is 5.78 Å². The fraction of sp³-hybridized carbons (Fsp3) is 0.182. The summed E-state index contributed by atoms with van der Waals surface area (Å²) < 4.78 is 0. The van der Waals surface area contributed by atoms with E-state index in [1.54, 1.807) is 0 Å². The highest BCUT2D eigenvalue weighted by Crippen LogP contribution is 2.33. The average Bonchev–Trinajstić information content (AvgIpc) is 2.60. The van der Waals surface area contributed by atoms with E-state index in [4.69, 9.17) is 0 Å². The van der Waals surface area contributed by atoms with E-state index in [0.717, 1.165) is 35.1 Å². The molecule has 1 aliphatic carbocycles. The first-order valence-corrected chi connectivity index (χ1v) is 8.28. The minimum atomic E-state index is 0.170. The molecule has 0 unspecified atom stereocenters. The zero-order chi connectivity index (χ0) is 16.7. The van der Waals surface area contributed by atoms with Crippen molar-refractivity contribution < 1.29 is 4.79 Å². The van der Waals surface area contributed by atoms with Crippen LogP contribution in [0.1, 0.15) is 49.3 Å². The molecule has 0 saturated carbocycles. The monoisotopic (exact) mass is 313 g/mol. The molecule has 1 aliphatic rings. The lowest BCUT2D eigenvalue weighted by Gasteiger charge is -2.24. The van der Waals surface area contributed by atoms with Gasteiger partial charge in [0, 0.05) is 23.5 Å². The van der Waals surface area contributed by atoms with Crippen LogP contribution in [-0.2, 0) is 12.8 Å². The molecule has 4 rings (SSSR count). The molecule has 0 radical (unpaired) electrons. The Balaban J connectivity index is 1.84. The summed E-state index contributed by atoms with van der Waals surface area (Å²) in [6.07, 6.45) is 5.31. The van der Waals surface area contributed by atoms with Crippen LogP contribution in [0.3, 0.4) is 0 Å². The van der Waals surface area contributed by atoms with Crippen molar-refractivity contribution in [3.05, 3.63) is 99.4 Å². The fourth-order valence-corrected chi connectivity index (χ4v) is 3.70. The highest BCUT2D eigenvalue weighted by Gasteiger charge is 2.27. The summed E-state index contributed by atoms with van der Waals surface area (Å²) in [5, 5.41) is 0. The summed E-state index contributed by atoms with van der Waals surface area (Å²) >= 11 is 0. The highest BCUT2D eigenvalue weighted by molar-refractivity contribution is 6.13. The van der Waals surface area contributed by atoms with Gasteiger partial charge in [-0.15, -0.1) is 0 Å². The average molecular weight is 313 g/mol. The molecule has 3 aromatic rings. The Hall–Kier alpha value is -2.74. The SMILES string of the molecule is Cc1cc(Cc2ccncc2)c(C)c2c1Cc1ccccc1C2=O. The van der Waals surface area contributed by atoms with Gasteiger partial charge in [-0.2, -0.15) is 0 Å². The third-order valence-electron chi connectivity index (χ3n) is 5.03. The minimum Gasteiger partial charge on any atom is -0.289 e. The van der Waals surface area contributed by atoms with Gasteiger partial charge in [0.2, 0.25) is 0 Å². The predicted octanol–water partition coefficient (Wildman–Crippen LogP) is 4.42. The lowest BCUT2D eigenvalue weighted by Crippen LogP contribution is -2.19. The van der Waals surface area contributed by atoms with Gasteiger partial charge in [-0.25, -0.2) is 0 Å². The molecule has 2 heteroatoms. The smallest absolute Gasteiger partial charge is 0.193 e. The molecule has 2 nitrogen and oxygen atoms in total. The van der Waals surface area contributed by atoms with E-state index in [2.05, 4.69) is 31.0 Å². The van der Waals surface area contributed by atoms with Crippen LogP contribution in [0.4, 0.5) is 0 Å². The van der Waals surface area contributed by atoms with Crippen molar-refractivity contribution in [3.8, 4) is 0 Å². The molecule has 118 valence electrons. The molecule has 2 aromatic carbocycles. The van der Waals surface area contributed by atoms with Crippen molar-refractivity contribution in [1.29, 1.82) is 0 Å². The molecule has 24 heavy (non-hydrogen) atoms. The first-order chi connectivity index (χ1) is 11.6. The van der Waals surface area contributed by atoms with Gasteiger partial charge < -0.3 is 0 Å². The Morgan fingerprint density at radius 3 is 2.58 bits per heavy atom. The number of aryl methyl sites for hydroxylation is 1. The largest absolute Gasteiger partial charge is 0.289 e. The van der Waals surface area contributed by atoms with Gasteiger partial charge >= 0.3 is 0 Å². The van der Waals surface area contributed by atoms with Gasteiger partial charge in [-0.05, 0) is 72.2 Å². The van der Waals surface area contributed by atoms with Crippen LogP contribution in [0.2, 0.25) is 0 Å². The van der Waals surface area contributed by atoms with Gasteiger partial charge in [0.1, 0.15) is 0 Å². The Morgan fingerprint density at radius 1 is 1.04 bits per heavy atom. The number of pyridine rings is 1. The quantitative estimate of drug-likeness (QED) is 0.548. The van der Waals surface area contributed by atoms with Crippen molar-refractivity contribution in [2.24, 2.45) is 0 Å². The van der Waals surface area contributed by atoms with Crippen molar-refractivity contribution in [2.75, 3.05) is 0 Å². The Kier molecular flexibility index (Phi) is 3.53. The van der Waals surface area contributed by atoms with E-state index in [0.29, 0.717) is 0 Å². The van der Waals surface area contributed by atoms with Gasteiger partial charge in [0.05, 0.1) is 0 Å². The molecular formula is C22H19NO. The summed E-state index contributed by atoms with van der Waals surface area (Å²) in [5.74, 6) is 0.170. The minimum absolute atomic E-state index is 0.170. The molecule has 1 aromatic heterocycles. The summed E-state index contributed by atoms with van der Waals surface area (Å²) in [5.41, 5.74) is 8.87. The normalized spacial score (nSPS) is 12.7. The maximum atomic E-state index is 13.1. The molecule has 0 spiro atoms. The Bertz CT molecular complexity index is 942. The maximum Gasteiger partial charge on any atom is 0.193 e. The molecule has 0 atom stereocenters. The Morgan fingerprint density at radius 2 is 1.79 bits per heavy atom. The summed E-state index contributed by atoms with van der Waals surface area (Å²) in [6.45, 7) is 4.20. The van der Waals surface area contributed by atoms with Crippen LogP contribution in [0.5, 0.6) is 0 Å². The number of aromatic nitrogens is 1. The van der Waals surface area contributed by atoms with E-state index >= 15 is 0 Å². The second kappa shape index (κ2) is 5.72. The second-order valence-electron chi connectivity index (χ2n) is 6.53. The van der Waals surface area contributed by atoms with E-state index in [9.17, 15) is 4.79 Å². The zero-order valence-electron chi connectivity index (χ0n) is 14.0. The van der Waals surface area contributed by atoms with Crippen molar-refractivity contribution in [1.82, 2.24) is 4.98 Å². The molecule has 0 bridgehead atoms. The van der Waals surface area contributed by atoms with Gasteiger partial charge in [0.15, 0.2) is 5.78 Å². The second-order valence-corrected chi connectivity index (χ2v) is 6.53. The Labute approximate surface area is 142 Å². The van der Waals surface area contributed by atoms with Gasteiger partial charge in [-0.3, -0.25) is 9.78 Å². The van der Waals surface area contributed by atoms with Crippen LogP contribution in [0, 0.1) is 13.8 Å². The fourth-order valence-electron chi connectivity index (χ4n) is 3.70. The lowest BCUT2D eigenvalue weighted by molar-refractivity contribution is 0.103. The predicted molar refractivity (Wildman–Crippen MR) is 95.6 cm³/mol. The third kappa shape index (κ3) is 2.35. The number of hydrogen-bond donors (Lipinski definition) is 0. The van der Waals surface area contributed by atoms with Crippen LogP contribution in [0.15, 0.2) is 54.9 Å². The number of fused-ring (bicyclic) bond motifs is 2. The van der Waals surface area contributed by atoms with E-state index in [1.807, 2.05) is 42.7 Å². The number of carbonyl (C=O) groups is 1. The summed E-state index contributed by atoms with van der Waals surface area (Å²) in [7, 11) is 0. The molecule has 1 heterocycles. The number of ketones is 1. The molecular weight excluding hydrogens is 294 g/mol. The molecule has 0 saturated heterocycles. The number of carbonyl (C=O) groups excluding carboxylic acids is 1. The van der Waals surface area contributed by atoms with Crippen LogP contribution in [0.25, 0.3) is 0 Å². The molecule has 0 N–H and O–H groups in total. The van der Waals surface area contributed by atoms with E-state index < -0.39 is 0 Å². The first kappa shape index (κ1) is 14.8. The first-order valence-electron chi connectivity index (χ1n) is 8.28. The lowest BCUT2D eigenvalue weighted by atomic mass is 9.79. The number of benzene rings is 2. The van der Waals surface area contributed by atoms with Crippen LogP contribution in [-0.4, -0.2) is 10.8 Å². The van der Waals surface area contributed by atoms with Crippen molar-refractivity contribution in [2.45, 2.75) is 26.7 Å². The van der Waals surface area contributed by atoms with Crippen LogP contribution >= 0.6 is 0 Å². The van der Waals surface area contributed by atoms with Gasteiger partial charge in [-0.1, -0.05) is 30.3 Å². The standard InChI is InChI=1S/C22H19NO/c1-14-11-18(12-16-7-9-23-10-8-16)15(2)21-20(14)13-17-5-3-4-6-19(17)22(21)24/h3-11H,12-13H2,1-2H3. The van der Waals surface area contributed by atoms with Crippen molar-refractivity contribution in [3.63, 3.8) is 0 Å². The highest BCUT2D eigenvalue weighted by atomic mass is 16.1. The third-order valence-corrected chi connectivity index (χ3v) is 5.03.